The molecule has 0 bridgehead atoms. The van der Waals surface area contributed by atoms with Gasteiger partial charge in [-0.2, -0.15) is 0 Å². The number of aliphatic hydroxyl groups excluding tert-OH is 1. The largest absolute Gasteiger partial charge is 0.507 e. The van der Waals surface area contributed by atoms with Crippen molar-refractivity contribution in [2.45, 2.75) is 39.2 Å². The van der Waals surface area contributed by atoms with Crippen LogP contribution in [0.2, 0.25) is 0 Å². The third-order valence-corrected chi connectivity index (χ3v) is 5.68. The number of unbranched alkanes of at least 4 members (excludes halogenated alkanes) is 2. The van der Waals surface area contributed by atoms with E-state index < -0.39 is 17.7 Å². The first-order chi connectivity index (χ1) is 16.0. The zero-order valence-corrected chi connectivity index (χ0v) is 18.8. The molecule has 1 atom stereocenters. The maximum Gasteiger partial charge on any atom is 0.300 e. The lowest BCUT2D eigenvalue weighted by atomic mass is 9.99. The van der Waals surface area contributed by atoms with E-state index in [1.54, 1.807) is 42.5 Å². The fraction of sp³-hybridized carbons (Fsp3) is 0.259. The van der Waals surface area contributed by atoms with Crippen molar-refractivity contribution in [1.29, 1.82) is 0 Å². The van der Waals surface area contributed by atoms with Crippen LogP contribution < -0.4 is 9.64 Å². The van der Waals surface area contributed by atoms with E-state index in [-0.39, 0.29) is 11.3 Å². The molecule has 1 N–H and O–H groups in total. The van der Waals surface area contributed by atoms with Crippen molar-refractivity contribution >= 4 is 23.1 Å². The number of carbonyl (C=O) groups is 2. The molecule has 1 amide bonds. The van der Waals surface area contributed by atoms with E-state index in [0.717, 1.165) is 24.8 Å². The molecule has 1 unspecified atom stereocenters. The van der Waals surface area contributed by atoms with Gasteiger partial charge in [0, 0.05) is 11.3 Å². The molecular weight excluding hydrogens is 418 g/mol. The number of anilines is 1. The Balaban J connectivity index is 1.71. The van der Waals surface area contributed by atoms with E-state index in [4.69, 9.17) is 9.15 Å². The van der Waals surface area contributed by atoms with Crippen LogP contribution in [0.1, 0.15) is 49.1 Å². The number of hydrogen-bond donors (Lipinski definition) is 1. The zero-order chi connectivity index (χ0) is 23.4. The third kappa shape index (κ3) is 4.55. The Hall–Kier alpha value is -3.80. The molecular formula is C27H27NO5. The summed E-state index contributed by atoms with van der Waals surface area (Å²) in [7, 11) is 0. The number of nitrogens with zero attached hydrogens (tertiary/aromatic N) is 1. The molecule has 33 heavy (non-hydrogen) atoms. The molecule has 2 heterocycles. The van der Waals surface area contributed by atoms with Gasteiger partial charge in [0.05, 0.1) is 18.4 Å². The quantitative estimate of drug-likeness (QED) is 0.206. The number of Topliss-reactive ketones (excluding diaryl/α,β-unsaturated/α-hetero) is 1. The second-order valence-corrected chi connectivity index (χ2v) is 8.10. The minimum absolute atomic E-state index is 0.00642. The van der Waals surface area contributed by atoms with Gasteiger partial charge in [0.15, 0.2) is 0 Å². The molecule has 1 aromatic heterocycles. The van der Waals surface area contributed by atoms with Crippen LogP contribution in [0.15, 0.2) is 76.9 Å². The van der Waals surface area contributed by atoms with E-state index in [9.17, 15) is 14.7 Å². The van der Waals surface area contributed by atoms with E-state index in [1.807, 2.05) is 25.1 Å². The molecule has 1 aliphatic heterocycles. The molecule has 3 aromatic rings. The predicted molar refractivity (Wildman–Crippen MR) is 126 cm³/mol. The highest BCUT2D eigenvalue weighted by atomic mass is 16.5. The molecule has 6 heteroatoms. The summed E-state index contributed by atoms with van der Waals surface area (Å²) < 4.78 is 11.3. The molecule has 0 spiro atoms. The van der Waals surface area contributed by atoms with Gasteiger partial charge in [-0.15, -0.1) is 0 Å². The second-order valence-electron chi connectivity index (χ2n) is 8.10. The van der Waals surface area contributed by atoms with E-state index >= 15 is 0 Å². The molecule has 170 valence electrons. The average Bonchev–Trinajstić information content (AvgIpc) is 3.44. The molecule has 1 saturated heterocycles. The Morgan fingerprint density at radius 1 is 1.06 bits per heavy atom. The number of carbonyl (C=O) groups excluding carboxylic acids is 2. The number of furan rings is 1. The number of ether oxygens (including phenoxy) is 1. The van der Waals surface area contributed by atoms with Crippen molar-refractivity contribution in [1.82, 2.24) is 0 Å². The Morgan fingerprint density at radius 3 is 2.52 bits per heavy atom. The van der Waals surface area contributed by atoms with Crippen molar-refractivity contribution in [3.63, 3.8) is 0 Å². The van der Waals surface area contributed by atoms with Gasteiger partial charge in [0.1, 0.15) is 23.3 Å². The van der Waals surface area contributed by atoms with Gasteiger partial charge >= 0.3 is 0 Å². The number of hydrogen-bond acceptors (Lipinski definition) is 5. The maximum atomic E-state index is 13.1. The maximum absolute atomic E-state index is 13.1. The third-order valence-electron chi connectivity index (χ3n) is 5.68. The van der Waals surface area contributed by atoms with Crippen LogP contribution in [0, 0.1) is 6.92 Å². The topological polar surface area (TPSA) is 80.0 Å². The number of rotatable bonds is 8. The smallest absolute Gasteiger partial charge is 0.300 e. The van der Waals surface area contributed by atoms with Gasteiger partial charge in [-0.25, -0.2) is 0 Å². The Labute approximate surface area is 193 Å². The first-order valence-electron chi connectivity index (χ1n) is 11.2. The molecule has 1 aliphatic rings. The summed E-state index contributed by atoms with van der Waals surface area (Å²) in [6, 6.07) is 16.7. The molecule has 2 aromatic carbocycles. The monoisotopic (exact) mass is 445 g/mol. The Bertz CT molecular complexity index is 1160. The van der Waals surface area contributed by atoms with Crippen molar-refractivity contribution in [3.8, 4) is 5.75 Å². The fourth-order valence-electron chi connectivity index (χ4n) is 4.00. The highest BCUT2D eigenvalue weighted by Gasteiger charge is 2.48. The van der Waals surface area contributed by atoms with Gasteiger partial charge in [-0.05, 0) is 67.4 Å². The van der Waals surface area contributed by atoms with Crippen LogP contribution in [0.25, 0.3) is 5.76 Å². The fourth-order valence-corrected chi connectivity index (χ4v) is 4.00. The van der Waals surface area contributed by atoms with Gasteiger partial charge in [0.25, 0.3) is 11.7 Å². The summed E-state index contributed by atoms with van der Waals surface area (Å²) in [6.45, 7) is 4.67. The standard InChI is InChI=1S/C27H27NO5/c1-3-4-5-15-32-21-13-11-19(12-14-21)25(29)23-24(22-10-7-16-33-22)28(27(31)26(23)30)20-9-6-8-18(2)17-20/h6-14,16-17,24,29H,3-5,15H2,1-2H3/b25-23-. The van der Waals surface area contributed by atoms with Gasteiger partial charge < -0.3 is 14.3 Å². The van der Waals surface area contributed by atoms with Crippen molar-refractivity contribution < 1.29 is 23.8 Å². The van der Waals surface area contributed by atoms with Crippen LogP contribution in [0.4, 0.5) is 5.69 Å². The number of aliphatic hydroxyl groups is 1. The first kappa shape index (κ1) is 22.4. The highest BCUT2D eigenvalue weighted by molar-refractivity contribution is 6.51. The minimum Gasteiger partial charge on any atom is -0.507 e. The normalized spacial score (nSPS) is 17.5. The molecule has 1 fully saturated rings. The number of ketones is 1. The highest BCUT2D eigenvalue weighted by Crippen LogP contribution is 2.42. The number of amides is 1. The lowest BCUT2D eigenvalue weighted by molar-refractivity contribution is -0.132. The summed E-state index contributed by atoms with van der Waals surface area (Å²) in [5.74, 6) is -0.629. The first-order valence-corrected chi connectivity index (χ1v) is 11.2. The Morgan fingerprint density at radius 2 is 1.85 bits per heavy atom. The van der Waals surface area contributed by atoms with E-state index in [1.165, 1.54) is 11.2 Å². The lowest BCUT2D eigenvalue weighted by Gasteiger charge is -2.23. The van der Waals surface area contributed by atoms with Crippen molar-refractivity contribution in [2.75, 3.05) is 11.5 Å². The van der Waals surface area contributed by atoms with Gasteiger partial charge in [0.2, 0.25) is 0 Å². The number of aryl methyl sites for hydroxylation is 1. The van der Waals surface area contributed by atoms with Gasteiger partial charge in [-0.3, -0.25) is 14.5 Å². The van der Waals surface area contributed by atoms with Crippen LogP contribution in [0.3, 0.4) is 0 Å². The molecule has 4 rings (SSSR count). The SMILES string of the molecule is CCCCCOc1ccc(/C(O)=C2/C(=O)C(=O)N(c3cccc(C)c3)C2c2ccco2)cc1. The summed E-state index contributed by atoms with van der Waals surface area (Å²) in [5, 5.41) is 11.1. The van der Waals surface area contributed by atoms with Crippen LogP contribution in [-0.2, 0) is 9.59 Å². The van der Waals surface area contributed by atoms with Crippen molar-refractivity contribution in [3.05, 3.63) is 89.4 Å². The molecule has 0 radical (unpaired) electrons. The minimum atomic E-state index is -0.869. The predicted octanol–water partition coefficient (Wildman–Crippen LogP) is 5.78. The van der Waals surface area contributed by atoms with E-state index in [0.29, 0.717) is 29.4 Å². The van der Waals surface area contributed by atoms with Crippen LogP contribution in [0.5, 0.6) is 5.75 Å². The van der Waals surface area contributed by atoms with Crippen LogP contribution in [-0.4, -0.2) is 23.4 Å². The Kier molecular flexibility index (Phi) is 6.63. The molecule has 0 aliphatic carbocycles. The second kappa shape index (κ2) is 9.77. The summed E-state index contributed by atoms with van der Waals surface area (Å²) in [5.41, 5.74) is 1.93. The van der Waals surface area contributed by atoms with Crippen molar-refractivity contribution in [2.24, 2.45) is 0 Å². The molecule has 6 nitrogen and oxygen atoms in total. The summed E-state index contributed by atoms with van der Waals surface area (Å²) in [6.07, 6.45) is 4.68. The number of benzene rings is 2. The van der Waals surface area contributed by atoms with Gasteiger partial charge in [-0.1, -0.05) is 31.9 Å². The average molecular weight is 446 g/mol. The zero-order valence-electron chi connectivity index (χ0n) is 18.8. The van der Waals surface area contributed by atoms with Crippen LogP contribution >= 0.6 is 0 Å². The molecule has 0 saturated carbocycles. The lowest BCUT2D eigenvalue weighted by Crippen LogP contribution is -2.29. The van der Waals surface area contributed by atoms with E-state index in [2.05, 4.69) is 6.92 Å². The summed E-state index contributed by atoms with van der Waals surface area (Å²) >= 11 is 0. The summed E-state index contributed by atoms with van der Waals surface area (Å²) in [4.78, 5) is 27.5.